The average molecular weight is 438 g/mol. The number of carboxylic acid groups (broad SMARTS) is 1. The van der Waals surface area contributed by atoms with Gasteiger partial charge in [0, 0.05) is 25.5 Å². The molecule has 10 heteroatoms. The van der Waals surface area contributed by atoms with E-state index in [2.05, 4.69) is 0 Å². The SMILES string of the molecule is CN1Cc2csc3c(C(=O)O)c(=O)c4cc(F)c(N5CCOC(CCl)C5)c1c4n23. The molecule has 0 spiro atoms. The van der Waals surface area contributed by atoms with E-state index in [4.69, 9.17) is 16.3 Å². The second kappa shape index (κ2) is 6.58. The van der Waals surface area contributed by atoms with E-state index in [0.717, 1.165) is 5.69 Å². The van der Waals surface area contributed by atoms with Crippen molar-refractivity contribution in [1.82, 2.24) is 4.40 Å². The van der Waals surface area contributed by atoms with Crippen molar-refractivity contribution in [3.8, 4) is 0 Å². The molecule has 1 N–H and O–H groups in total. The van der Waals surface area contributed by atoms with Crippen molar-refractivity contribution in [3.05, 3.63) is 38.7 Å². The highest BCUT2D eigenvalue weighted by molar-refractivity contribution is 7.16. The third kappa shape index (κ3) is 2.57. The molecule has 1 aromatic carbocycles. The van der Waals surface area contributed by atoms with E-state index in [0.29, 0.717) is 53.8 Å². The smallest absolute Gasteiger partial charge is 0.342 e. The van der Waals surface area contributed by atoms with Gasteiger partial charge in [-0.2, -0.15) is 0 Å². The van der Waals surface area contributed by atoms with Crippen molar-refractivity contribution in [2.45, 2.75) is 12.6 Å². The summed E-state index contributed by atoms with van der Waals surface area (Å²) in [7, 11) is 1.85. The second-order valence-corrected chi connectivity index (χ2v) is 8.44. The largest absolute Gasteiger partial charge is 0.477 e. The number of alkyl halides is 1. The van der Waals surface area contributed by atoms with Gasteiger partial charge in [-0.25, -0.2) is 9.18 Å². The zero-order chi connectivity index (χ0) is 20.4. The molecule has 152 valence electrons. The topological polar surface area (TPSA) is 74.5 Å². The fourth-order valence-electron chi connectivity index (χ4n) is 4.32. The molecule has 2 aliphatic rings. The summed E-state index contributed by atoms with van der Waals surface area (Å²) in [6, 6.07) is 1.17. The van der Waals surface area contributed by atoms with Crippen LogP contribution in [-0.2, 0) is 11.3 Å². The van der Waals surface area contributed by atoms with Crippen LogP contribution in [0.1, 0.15) is 16.1 Å². The van der Waals surface area contributed by atoms with Crippen LogP contribution in [0, 0.1) is 5.82 Å². The fourth-order valence-corrected chi connectivity index (χ4v) is 5.55. The number of morpholine rings is 1. The zero-order valence-electron chi connectivity index (χ0n) is 15.4. The van der Waals surface area contributed by atoms with E-state index in [1.807, 2.05) is 22.2 Å². The summed E-state index contributed by atoms with van der Waals surface area (Å²) in [5.74, 6) is -1.56. The molecule has 1 unspecified atom stereocenters. The third-order valence-electron chi connectivity index (χ3n) is 5.53. The molecular weight excluding hydrogens is 421 g/mol. The number of rotatable bonds is 3. The van der Waals surface area contributed by atoms with Gasteiger partial charge in [0.1, 0.15) is 16.2 Å². The van der Waals surface area contributed by atoms with Gasteiger partial charge in [-0.15, -0.1) is 22.9 Å². The maximum Gasteiger partial charge on any atom is 0.342 e. The van der Waals surface area contributed by atoms with Crippen LogP contribution in [0.15, 0.2) is 16.2 Å². The van der Waals surface area contributed by atoms with Crippen molar-refractivity contribution in [3.63, 3.8) is 0 Å². The first-order valence-electron chi connectivity index (χ1n) is 9.10. The summed E-state index contributed by atoms with van der Waals surface area (Å²) in [5, 5.41) is 11.5. The fraction of sp³-hybridized carbons (Fsp3) is 0.368. The van der Waals surface area contributed by atoms with Crippen molar-refractivity contribution < 1.29 is 19.0 Å². The maximum absolute atomic E-state index is 15.4. The summed E-state index contributed by atoms with van der Waals surface area (Å²) in [6.07, 6.45) is -0.213. The van der Waals surface area contributed by atoms with Crippen LogP contribution >= 0.6 is 22.9 Å². The van der Waals surface area contributed by atoms with Gasteiger partial charge in [0.05, 0.1) is 53.1 Å². The first kappa shape index (κ1) is 18.7. The Morgan fingerprint density at radius 3 is 2.97 bits per heavy atom. The minimum atomic E-state index is -1.30. The zero-order valence-corrected chi connectivity index (χ0v) is 17.0. The summed E-state index contributed by atoms with van der Waals surface area (Å²) in [5.41, 5.74) is 1.42. The first-order chi connectivity index (χ1) is 13.9. The van der Waals surface area contributed by atoms with Gasteiger partial charge in [-0.1, -0.05) is 0 Å². The quantitative estimate of drug-likeness (QED) is 0.635. The molecule has 0 radical (unpaired) electrons. The molecule has 7 nitrogen and oxygen atoms in total. The van der Waals surface area contributed by atoms with Crippen LogP contribution in [0.3, 0.4) is 0 Å². The second-order valence-electron chi connectivity index (χ2n) is 7.28. The normalized spacial score (nSPS) is 18.9. The minimum Gasteiger partial charge on any atom is -0.477 e. The standard InChI is InChI=1S/C19H17ClFN3O4S/c1-22-6-9-8-29-18-13(19(26)27)17(25)11-4-12(21)15(16(22)14(11)24(9)18)23-2-3-28-10(5-20)7-23/h4,8,10H,2-3,5-7H2,1H3,(H,26,27). The number of thiazole rings is 1. The molecular formula is C19H17ClFN3O4S. The van der Waals surface area contributed by atoms with Gasteiger partial charge < -0.3 is 19.6 Å². The summed E-state index contributed by atoms with van der Waals surface area (Å²) in [6.45, 7) is 1.84. The third-order valence-corrected chi connectivity index (χ3v) is 6.87. The van der Waals surface area contributed by atoms with E-state index in [9.17, 15) is 14.7 Å². The van der Waals surface area contributed by atoms with Gasteiger partial charge >= 0.3 is 5.97 Å². The number of carboxylic acids is 1. The number of benzene rings is 1. The number of aromatic carboxylic acids is 1. The predicted octanol–water partition coefficient (Wildman–Crippen LogP) is 2.75. The number of ether oxygens (including phenoxy) is 1. The van der Waals surface area contributed by atoms with Crippen molar-refractivity contribution in [2.75, 3.05) is 42.4 Å². The molecule has 3 aromatic rings. The van der Waals surface area contributed by atoms with Gasteiger partial charge in [0.2, 0.25) is 5.43 Å². The van der Waals surface area contributed by atoms with Crippen LogP contribution in [0.25, 0.3) is 15.7 Å². The van der Waals surface area contributed by atoms with Gasteiger partial charge in [0.15, 0.2) is 0 Å². The monoisotopic (exact) mass is 437 g/mol. The maximum atomic E-state index is 15.4. The van der Waals surface area contributed by atoms with E-state index >= 15 is 4.39 Å². The van der Waals surface area contributed by atoms with E-state index in [1.165, 1.54) is 17.4 Å². The van der Waals surface area contributed by atoms with Crippen LogP contribution in [0.5, 0.6) is 0 Å². The summed E-state index contributed by atoms with van der Waals surface area (Å²) in [4.78, 5) is 29.0. The number of anilines is 2. The van der Waals surface area contributed by atoms with Gasteiger partial charge in [0.25, 0.3) is 0 Å². The van der Waals surface area contributed by atoms with E-state index in [1.54, 1.807) is 4.40 Å². The molecule has 0 saturated carbocycles. The van der Waals surface area contributed by atoms with Crippen molar-refractivity contribution >= 4 is 56.0 Å². The molecule has 5 rings (SSSR count). The Hall–Kier alpha value is -2.36. The Kier molecular flexibility index (Phi) is 4.23. The van der Waals surface area contributed by atoms with Crippen LogP contribution < -0.4 is 15.2 Å². The molecule has 2 aromatic heterocycles. The summed E-state index contributed by atoms with van der Waals surface area (Å²) < 4.78 is 22.8. The minimum absolute atomic E-state index is 0.0736. The van der Waals surface area contributed by atoms with Crippen molar-refractivity contribution in [2.24, 2.45) is 0 Å². The highest BCUT2D eigenvalue weighted by atomic mass is 35.5. The Labute approximate surface area is 173 Å². The summed E-state index contributed by atoms with van der Waals surface area (Å²) >= 11 is 7.17. The molecule has 1 atom stereocenters. The number of hydrogen-bond donors (Lipinski definition) is 1. The molecule has 1 fully saturated rings. The molecule has 0 bridgehead atoms. The Morgan fingerprint density at radius 1 is 1.45 bits per heavy atom. The lowest BCUT2D eigenvalue weighted by atomic mass is 10.0. The first-order valence-corrected chi connectivity index (χ1v) is 10.5. The molecule has 0 aliphatic carbocycles. The predicted molar refractivity (Wildman–Crippen MR) is 111 cm³/mol. The van der Waals surface area contributed by atoms with E-state index < -0.39 is 17.2 Å². The average Bonchev–Trinajstić information content (AvgIpc) is 3.10. The van der Waals surface area contributed by atoms with Gasteiger partial charge in [-0.05, 0) is 6.07 Å². The molecule has 4 heterocycles. The Balaban J connectivity index is 1.89. The highest BCUT2D eigenvalue weighted by Crippen LogP contribution is 2.43. The molecule has 1 saturated heterocycles. The molecule has 2 aliphatic heterocycles. The highest BCUT2D eigenvalue weighted by Gasteiger charge is 2.33. The Bertz CT molecular complexity index is 1240. The lowest BCUT2D eigenvalue weighted by Gasteiger charge is -2.38. The number of nitrogens with zero attached hydrogens (tertiary/aromatic N) is 3. The number of hydrogen-bond acceptors (Lipinski definition) is 6. The number of aromatic nitrogens is 1. The van der Waals surface area contributed by atoms with Gasteiger partial charge in [-0.3, -0.25) is 9.20 Å². The molecule has 29 heavy (non-hydrogen) atoms. The molecule has 0 amide bonds. The number of pyridine rings is 1. The lowest BCUT2D eigenvalue weighted by Crippen LogP contribution is -2.44. The van der Waals surface area contributed by atoms with Crippen LogP contribution in [0.4, 0.5) is 15.8 Å². The number of carbonyl (C=O) groups is 1. The van der Waals surface area contributed by atoms with Crippen LogP contribution in [-0.4, -0.2) is 54.2 Å². The lowest BCUT2D eigenvalue weighted by molar-refractivity contribution is 0.0552. The van der Waals surface area contributed by atoms with Crippen molar-refractivity contribution in [1.29, 1.82) is 0 Å². The Morgan fingerprint density at radius 2 is 2.24 bits per heavy atom. The number of halogens is 2. The van der Waals surface area contributed by atoms with E-state index in [-0.39, 0.29) is 17.1 Å². The van der Waals surface area contributed by atoms with Crippen LogP contribution in [0.2, 0.25) is 0 Å².